The molecule has 0 saturated carbocycles. The van der Waals surface area contributed by atoms with Gasteiger partial charge in [-0.3, -0.25) is 0 Å². The first kappa shape index (κ1) is 19.0. The van der Waals surface area contributed by atoms with E-state index < -0.39 is 11.9 Å². The fourth-order valence-electron chi connectivity index (χ4n) is 3.00. The Hall–Kier alpha value is -2.79. The summed E-state index contributed by atoms with van der Waals surface area (Å²) in [6, 6.07) is 18.9. The van der Waals surface area contributed by atoms with Gasteiger partial charge in [-0.05, 0) is 41.1 Å². The number of hydrogen-bond acceptors (Lipinski definition) is 5. The number of carbonyl (C=O) groups is 1. The highest BCUT2D eigenvalue weighted by atomic mass is 127. The Kier molecular flexibility index (Phi) is 5.81. The van der Waals surface area contributed by atoms with Gasteiger partial charge in [0.1, 0.15) is 17.4 Å². The monoisotopic (exact) mass is 472 g/mol. The van der Waals surface area contributed by atoms with Crippen LogP contribution in [-0.2, 0) is 14.3 Å². The number of nitrogens with two attached hydrogens (primary N) is 1. The van der Waals surface area contributed by atoms with E-state index in [0.717, 1.165) is 9.13 Å². The van der Waals surface area contributed by atoms with E-state index in [2.05, 4.69) is 28.7 Å². The van der Waals surface area contributed by atoms with E-state index in [1.165, 1.54) is 0 Å². The van der Waals surface area contributed by atoms with Gasteiger partial charge in [0, 0.05) is 9.13 Å². The molecule has 2 aromatic carbocycles. The van der Waals surface area contributed by atoms with Gasteiger partial charge in [-0.15, -0.1) is 0 Å². The van der Waals surface area contributed by atoms with Crippen LogP contribution in [0.1, 0.15) is 24.0 Å². The highest BCUT2D eigenvalue weighted by molar-refractivity contribution is 14.1. The lowest BCUT2D eigenvalue weighted by molar-refractivity contribution is -0.138. The van der Waals surface area contributed by atoms with Crippen LogP contribution in [0.4, 0.5) is 0 Å². The molecule has 0 radical (unpaired) electrons. The van der Waals surface area contributed by atoms with Gasteiger partial charge in [0.2, 0.25) is 5.88 Å². The third kappa shape index (κ3) is 3.69. The average Bonchev–Trinajstić information content (AvgIpc) is 2.68. The lowest BCUT2D eigenvalue weighted by Gasteiger charge is -2.28. The van der Waals surface area contributed by atoms with Crippen molar-refractivity contribution in [2.24, 2.45) is 5.73 Å². The normalized spacial score (nSPS) is 16.6. The Labute approximate surface area is 171 Å². The summed E-state index contributed by atoms with van der Waals surface area (Å²) in [6.07, 6.45) is 0. The van der Waals surface area contributed by atoms with Gasteiger partial charge < -0.3 is 15.2 Å². The minimum absolute atomic E-state index is 0.00551. The van der Waals surface area contributed by atoms with Gasteiger partial charge in [0.05, 0.1) is 18.1 Å². The summed E-state index contributed by atoms with van der Waals surface area (Å²) in [7, 11) is 0. The molecule has 1 unspecified atom stereocenters. The minimum Gasteiger partial charge on any atom is -0.463 e. The smallest absolute Gasteiger partial charge is 0.338 e. The standard InChI is InChI=1S/C21H17IN2O3/c1-2-26-21(25)18-17(14-10-6-7-11-16(14)22)15(12-23)20(24)27-19(18)13-8-4-3-5-9-13/h3-11,17H,2,24H2,1H3. The second kappa shape index (κ2) is 8.27. The zero-order chi connectivity index (χ0) is 19.4. The summed E-state index contributed by atoms with van der Waals surface area (Å²) >= 11 is 2.18. The van der Waals surface area contributed by atoms with Crippen molar-refractivity contribution in [1.29, 1.82) is 5.26 Å². The lowest BCUT2D eigenvalue weighted by Crippen LogP contribution is -2.26. The van der Waals surface area contributed by atoms with Gasteiger partial charge in [0.25, 0.3) is 0 Å². The Morgan fingerprint density at radius 1 is 1.22 bits per heavy atom. The van der Waals surface area contributed by atoms with E-state index in [0.29, 0.717) is 11.3 Å². The molecule has 0 amide bonds. The van der Waals surface area contributed by atoms with Gasteiger partial charge >= 0.3 is 5.97 Å². The third-order valence-electron chi connectivity index (χ3n) is 4.17. The summed E-state index contributed by atoms with van der Waals surface area (Å²) in [5.74, 6) is -0.878. The predicted molar refractivity (Wildman–Crippen MR) is 110 cm³/mol. The van der Waals surface area contributed by atoms with E-state index in [-0.39, 0.29) is 23.6 Å². The molecule has 6 heteroatoms. The van der Waals surface area contributed by atoms with Gasteiger partial charge in [-0.2, -0.15) is 5.26 Å². The average molecular weight is 472 g/mol. The zero-order valence-corrected chi connectivity index (χ0v) is 16.8. The number of carbonyl (C=O) groups excluding carboxylic acids is 1. The van der Waals surface area contributed by atoms with Gasteiger partial charge in [-0.1, -0.05) is 48.5 Å². The first-order chi connectivity index (χ1) is 13.1. The van der Waals surface area contributed by atoms with Crippen molar-refractivity contribution >= 4 is 34.3 Å². The van der Waals surface area contributed by atoms with Crippen LogP contribution in [0.3, 0.4) is 0 Å². The summed E-state index contributed by atoms with van der Waals surface area (Å²) < 4.78 is 12.0. The number of ether oxygens (including phenoxy) is 2. The van der Waals surface area contributed by atoms with Crippen molar-refractivity contribution < 1.29 is 14.3 Å². The first-order valence-electron chi connectivity index (χ1n) is 8.37. The number of nitriles is 1. The molecule has 1 atom stereocenters. The molecule has 1 aliphatic rings. The molecule has 0 bridgehead atoms. The van der Waals surface area contributed by atoms with Crippen LogP contribution in [0, 0.1) is 14.9 Å². The number of halogens is 1. The molecule has 2 aromatic rings. The highest BCUT2D eigenvalue weighted by Crippen LogP contribution is 2.43. The minimum atomic E-state index is -0.661. The number of esters is 1. The second-order valence-corrected chi connectivity index (χ2v) is 6.94. The molecule has 0 fully saturated rings. The maximum atomic E-state index is 12.9. The molecular formula is C21H17IN2O3. The van der Waals surface area contributed by atoms with Crippen LogP contribution in [0.2, 0.25) is 0 Å². The Morgan fingerprint density at radius 2 is 1.89 bits per heavy atom. The van der Waals surface area contributed by atoms with Crippen LogP contribution >= 0.6 is 22.6 Å². The lowest BCUT2D eigenvalue weighted by atomic mass is 9.82. The fourth-order valence-corrected chi connectivity index (χ4v) is 3.70. The van der Waals surface area contributed by atoms with E-state index in [1.807, 2.05) is 54.6 Å². The molecule has 136 valence electrons. The van der Waals surface area contributed by atoms with E-state index in [9.17, 15) is 10.1 Å². The van der Waals surface area contributed by atoms with Crippen molar-refractivity contribution in [3.63, 3.8) is 0 Å². The molecular weight excluding hydrogens is 455 g/mol. The van der Waals surface area contributed by atoms with Gasteiger partial charge in [-0.25, -0.2) is 4.79 Å². The predicted octanol–water partition coefficient (Wildman–Crippen LogP) is 4.07. The molecule has 1 aliphatic heterocycles. The molecule has 2 N–H and O–H groups in total. The van der Waals surface area contributed by atoms with E-state index in [1.54, 1.807) is 6.92 Å². The molecule has 5 nitrogen and oxygen atoms in total. The van der Waals surface area contributed by atoms with Crippen molar-refractivity contribution in [2.45, 2.75) is 12.8 Å². The molecule has 0 spiro atoms. The number of nitrogens with zero attached hydrogens (tertiary/aromatic N) is 1. The summed E-state index contributed by atoms with van der Waals surface area (Å²) in [5.41, 5.74) is 8.04. The van der Waals surface area contributed by atoms with Crippen LogP contribution in [0.5, 0.6) is 0 Å². The number of hydrogen-bond donors (Lipinski definition) is 1. The summed E-state index contributed by atoms with van der Waals surface area (Å²) in [5, 5.41) is 9.73. The molecule has 0 aromatic heterocycles. The summed E-state index contributed by atoms with van der Waals surface area (Å²) in [4.78, 5) is 12.9. The quantitative estimate of drug-likeness (QED) is 0.536. The van der Waals surface area contributed by atoms with E-state index >= 15 is 0 Å². The number of allylic oxidation sites excluding steroid dienone is 1. The third-order valence-corrected chi connectivity index (χ3v) is 5.15. The Morgan fingerprint density at radius 3 is 2.52 bits per heavy atom. The largest absolute Gasteiger partial charge is 0.463 e. The number of benzene rings is 2. The topological polar surface area (TPSA) is 85.3 Å². The van der Waals surface area contributed by atoms with Crippen LogP contribution < -0.4 is 5.73 Å². The van der Waals surface area contributed by atoms with Crippen molar-refractivity contribution in [3.8, 4) is 6.07 Å². The SMILES string of the molecule is CCOC(=O)C1=C(c2ccccc2)OC(N)=C(C#N)C1c1ccccc1I. The highest BCUT2D eigenvalue weighted by Gasteiger charge is 2.38. The second-order valence-electron chi connectivity index (χ2n) is 5.78. The fraction of sp³-hybridized carbons (Fsp3) is 0.143. The maximum Gasteiger partial charge on any atom is 0.338 e. The molecule has 1 heterocycles. The maximum absolute atomic E-state index is 12.9. The van der Waals surface area contributed by atoms with Crippen molar-refractivity contribution in [2.75, 3.05) is 6.61 Å². The van der Waals surface area contributed by atoms with Crippen LogP contribution in [-0.4, -0.2) is 12.6 Å². The molecule has 3 rings (SSSR count). The molecule has 0 saturated heterocycles. The Balaban J connectivity index is 2.31. The zero-order valence-electron chi connectivity index (χ0n) is 14.6. The summed E-state index contributed by atoms with van der Waals surface area (Å²) in [6.45, 7) is 1.95. The number of rotatable bonds is 4. The van der Waals surface area contributed by atoms with Crippen LogP contribution in [0.25, 0.3) is 5.76 Å². The van der Waals surface area contributed by atoms with Crippen molar-refractivity contribution in [3.05, 3.63) is 86.3 Å². The Bertz CT molecular complexity index is 974. The van der Waals surface area contributed by atoms with Crippen molar-refractivity contribution in [1.82, 2.24) is 0 Å². The van der Waals surface area contributed by atoms with E-state index in [4.69, 9.17) is 15.2 Å². The molecule has 0 aliphatic carbocycles. The van der Waals surface area contributed by atoms with Crippen LogP contribution in [0.15, 0.2) is 71.6 Å². The first-order valence-corrected chi connectivity index (χ1v) is 9.45. The molecule has 27 heavy (non-hydrogen) atoms. The van der Waals surface area contributed by atoms with Gasteiger partial charge in [0.15, 0.2) is 0 Å².